The summed E-state index contributed by atoms with van der Waals surface area (Å²) in [6, 6.07) is 9.62. The van der Waals surface area contributed by atoms with Crippen LogP contribution in [0.2, 0.25) is 0 Å². The molecule has 1 aromatic carbocycles. The summed E-state index contributed by atoms with van der Waals surface area (Å²) >= 11 is 0. The zero-order chi connectivity index (χ0) is 23.7. The Hall–Kier alpha value is -3.93. The standard InChI is InChI=1S/C22H22BFN8O/c1-30-12-28-19-20(30)17-8-18(14-5-13(9-25)6-15(24)7-14)32(11-16(10-26)27-3-4-33)21(17)29-22(19)31(2)23/h5-8,12,16,27,33H,3-4,11,23H2,1-2H3. The van der Waals surface area contributed by atoms with Gasteiger partial charge in [0, 0.05) is 24.5 Å². The third-order valence-corrected chi connectivity index (χ3v) is 5.45. The molecule has 166 valence electrons. The topological polar surface area (TPSA) is 119 Å². The molecule has 0 aliphatic rings. The lowest BCUT2D eigenvalue weighted by molar-refractivity contribution is 0.287. The molecule has 1 unspecified atom stereocenters. The zero-order valence-corrected chi connectivity index (χ0v) is 18.5. The van der Waals surface area contributed by atoms with E-state index in [1.807, 2.05) is 48.2 Å². The van der Waals surface area contributed by atoms with E-state index >= 15 is 0 Å². The number of nitrogens with zero attached hydrogens (tertiary/aromatic N) is 7. The number of fused-ring (bicyclic) bond motifs is 3. The van der Waals surface area contributed by atoms with Crippen molar-refractivity contribution in [2.45, 2.75) is 12.6 Å². The number of aliphatic hydroxyl groups is 1. The number of hydrogen-bond donors (Lipinski definition) is 2. The molecule has 0 fully saturated rings. The van der Waals surface area contributed by atoms with Crippen molar-refractivity contribution in [3.05, 3.63) is 42.0 Å². The lowest BCUT2D eigenvalue weighted by Crippen LogP contribution is -2.34. The van der Waals surface area contributed by atoms with Gasteiger partial charge in [-0.3, -0.25) is 5.32 Å². The lowest BCUT2D eigenvalue weighted by atomic mass is 10.1. The molecule has 1 atom stereocenters. The van der Waals surface area contributed by atoms with Crippen LogP contribution in [0.3, 0.4) is 0 Å². The average Bonchev–Trinajstić information content (AvgIpc) is 3.35. The number of aromatic nitrogens is 4. The van der Waals surface area contributed by atoms with Crippen LogP contribution in [0.15, 0.2) is 30.6 Å². The summed E-state index contributed by atoms with van der Waals surface area (Å²) in [5.74, 6) is 0.140. The van der Waals surface area contributed by atoms with Crippen LogP contribution in [0.5, 0.6) is 0 Å². The molecule has 0 amide bonds. The van der Waals surface area contributed by atoms with Crippen LogP contribution in [0.1, 0.15) is 5.56 Å². The molecule has 9 nitrogen and oxygen atoms in total. The molecule has 0 bridgehead atoms. The minimum Gasteiger partial charge on any atom is -0.408 e. The molecule has 0 aliphatic heterocycles. The second-order valence-corrected chi connectivity index (χ2v) is 7.96. The van der Waals surface area contributed by atoms with Crippen molar-refractivity contribution in [2.24, 2.45) is 7.05 Å². The quantitative estimate of drug-likeness (QED) is 0.409. The molecule has 0 radical (unpaired) electrons. The smallest absolute Gasteiger partial charge is 0.219 e. The largest absolute Gasteiger partial charge is 0.408 e. The van der Waals surface area contributed by atoms with Crippen molar-refractivity contribution in [1.29, 1.82) is 10.5 Å². The summed E-state index contributed by atoms with van der Waals surface area (Å²) in [5.41, 5.74) is 3.52. The van der Waals surface area contributed by atoms with Crippen LogP contribution in [-0.2, 0) is 13.6 Å². The Kier molecular flexibility index (Phi) is 6.01. The van der Waals surface area contributed by atoms with Crippen molar-refractivity contribution in [1.82, 2.24) is 24.4 Å². The van der Waals surface area contributed by atoms with Crippen molar-refractivity contribution >= 4 is 35.9 Å². The summed E-state index contributed by atoms with van der Waals surface area (Å²) in [6.07, 6.45) is 1.71. The Morgan fingerprint density at radius 3 is 2.76 bits per heavy atom. The van der Waals surface area contributed by atoms with Gasteiger partial charge in [-0.05, 0) is 31.3 Å². The van der Waals surface area contributed by atoms with E-state index in [1.165, 1.54) is 12.1 Å². The van der Waals surface area contributed by atoms with Crippen LogP contribution in [0, 0.1) is 28.5 Å². The van der Waals surface area contributed by atoms with E-state index < -0.39 is 11.9 Å². The minimum atomic E-state index is -0.623. The number of anilines is 1. The molecular weight excluding hydrogens is 422 g/mol. The third-order valence-electron chi connectivity index (χ3n) is 5.45. The van der Waals surface area contributed by atoms with Crippen LogP contribution >= 0.6 is 0 Å². The molecule has 0 saturated heterocycles. The highest BCUT2D eigenvalue weighted by molar-refractivity contribution is 6.20. The second kappa shape index (κ2) is 8.90. The Labute approximate surface area is 190 Å². The number of benzene rings is 1. The molecule has 4 aromatic rings. The maximum absolute atomic E-state index is 14.3. The molecule has 3 heterocycles. The highest BCUT2D eigenvalue weighted by Crippen LogP contribution is 2.35. The Bertz CT molecular complexity index is 1430. The molecule has 11 heteroatoms. The fraction of sp³-hybridized carbons (Fsp3) is 0.273. The molecular formula is C22H22BFN8O. The van der Waals surface area contributed by atoms with Gasteiger partial charge in [0.05, 0.1) is 48.4 Å². The van der Waals surface area contributed by atoms with Crippen molar-refractivity contribution in [3.8, 4) is 23.4 Å². The monoisotopic (exact) mass is 444 g/mol. The number of aliphatic hydroxyl groups excluding tert-OH is 1. The zero-order valence-electron chi connectivity index (χ0n) is 18.5. The van der Waals surface area contributed by atoms with E-state index in [0.29, 0.717) is 22.7 Å². The molecule has 0 spiro atoms. The summed E-state index contributed by atoms with van der Waals surface area (Å²) in [7, 11) is 5.65. The van der Waals surface area contributed by atoms with Gasteiger partial charge in [0.2, 0.25) is 7.98 Å². The van der Waals surface area contributed by atoms with Gasteiger partial charge in [-0.1, -0.05) is 0 Å². The first kappa shape index (κ1) is 22.3. The van der Waals surface area contributed by atoms with E-state index in [0.717, 1.165) is 16.4 Å². The maximum Gasteiger partial charge on any atom is 0.219 e. The first-order valence-corrected chi connectivity index (χ1v) is 10.3. The summed E-state index contributed by atoms with van der Waals surface area (Å²) in [6.45, 7) is 0.357. The minimum absolute atomic E-state index is 0.106. The normalized spacial score (nSPS) is 12.1. The maximum atomic E-state index is 14.3. The molecule has 0 saturated carbocycles. The fourth-order valence-corrected chi connectivity index (χ4v) is 4.01. The number of imidazole rings is 1. The summed E-state index contributed by atoms with van der Waals surface area (Å²) in [5, 5.41) is 32.0. The van der Waals surface area contributed by atoms with Gasteiger partial charge >= 0.3 is 0 Å². The number of pyridine rings is 1. The van der Waals surface area contributed by atoms with Gasteiger partial charge < -0.3 is 19.1 Å². The molecule has 3 aromatic heterocycles. The first-order valence-electron chi connectivity index (χ1n) is 10.3. The van der Waals surface area contributed by atoms with Crippen molar-refractivity contribution in [2.75, 3.05) is 25.0 Å². The van der Waals surface area contributed by atoms with E-state index in [-0.39, 0.29) is 25.3 Å². The number of aryl methyl sites for hydroxylation is 1. The molecule has 33 heavy (non-hydrogen) atoms. The Balaban J connectivity index is 2.05. The molecule has 0 aliphatic carbocycles. The molecule has 2 N–H and O–H groups in total. The highest BCUT2D eigenvalue weighted by Gasteiger charge is 2.22. The van der Waals surface area contributed by atoms with Gasteiger partial charge in [0.25, 0.3) is 0 Å². The van der Waals surface area contributed by atoms with Gasteiger partial charge in [0.1, 0.15) is 28.8 Å². The van der Waals surface area contributed by atoms with Crippen LogP contribution in [0.25, 0.3) is 33.3 Å². The molecule has 4 rings (SSSR count). The highest BCUT2D eigenvalue weighted by atomic mass is 19.1. The summed E-state index contributed by atoms with van der Waals surface area (Å²) < 4.78 is 18.1. The Morgan fingerprint density at radius 1 is 1.30 bits per heavy atom. The SMILES string of the molecule is BN(C)c1nc2c(cc(-c3cc(F)cc(C#N)c3)n2CC(C#N)NCCO)c2c1ncn2C. The number of nitrogens with one attached hydrogen (secondary N) is 1. The third kappa shape index (κ3) is 4.00. The van der Waals surface area contributed by atoms with Crippen LogP contribution < -0.4 is 10.1 Å². The van der Waals surface area contributed by atoms with Gasteiger partial charge in [-0.15, -0.1) is 0 Å². The van der Waals surface area contributed by atoms with E-state index in [4.69, 9.17) is 4.98 Å². The van der Waals surface area contributed by atoms with Gasteiger partial charge in [0.15, 0.2) is 0 Å². The van der Waals surface area contributed by atoms with Crippen molar-refractivity contribution < 1.29 is 9.50 Å². The predicted molar refractivity (Wildman–Crippen MR) is 126 cm³/mol. The number of nitriles is 2. The number of hydrogen-bond acceptors (Lipinski definition) is 7. The van der Waals surface area contributed by atoms with Crippen molar-refractivity contribution in [3.63, 3.8) is 0 Å². The predicted octanol–water partition coefficient (Wildman–Crippen LogP) is 1.06. The van der Waals surface area contributed by atoms with Crippen LogP contribution in [0.4, 0.5) is 10.2 Å². The van der Waals surface area contributed by atoms with E-state index in [9.17, 15) is 20.0 Å². The second-order valence-electron chi connectivity index (χ2n) is 7.96. The van der Waals surface area contributed by atoms with E-state index in [2.05, 4.69) is 16.4 Å². The summed E-state index contributed by atoms with van der Waals surface area (Å²) in [4.78, 5) is 11.2. The van der Waals surface area contributed by atoms with Gasteiger partial charge in [-0.25, -0.2) is 14.4 Å². The lowest BCUT2D eigenvalue weighted by Gasteiger charge is -2.17. The van der Waals surface area contributed by atoms with Crippen LogP contribution in [-0.4, -0.2) is 58.4 Å². The van der Waals surface area contributed by atoms with Gasteiger partial charge in [-0.2, -0.15) is 10.5 Å². The average molecular weight is 444 g/mol. The number of halogens is 1. The Morgan fingerprint density at radius 2 is 2.09 bits per heavy atom. The first-order chi connectivity index (χ1) is 15.9. The van der Waals surface area contributed by atoms with E-state index in [1.54, 1.807) is 12.4 Å². The number of rotatable bonds is 7. The fourth-order valence-electron chi connectivity index (χ4n) is 4.01.